The van der Waals surface area contributed by atoms with Crippen molar-refractivity contribution in [2.75, 3.05) is 0 Å². The van der Waals surface area contributed by atoms with Crippen LogP contribution in [0.5, 0.6) is 0 Å². The van der Waals surface area contributed by atoms with Crippen LogP contribution >= 0.6 is 27.5 Å². The summed E-state index contributed by atoms with van der Waals surface area (Å²) in [6, 6.07) is 5.19. The van der Waals surface area contributed by atoms with E-state index in [1.807, 2.05) is 0 Å². The first-order valence-electron chi connectivity index (χ1n) is 4.48. The van der Waals surface area contributed by atoms with E-state index in [1.165, 1.54) is 0 Å². The molecule has 0 unspecified atom stereocenters. The van der Waals surface area contributed by atoms with Crippen LogP contribution in [0, 0.1) is 0 Å². The molecule has 0 spiro atoms. The number of hydrogen-bond acceptors (Lipinski definition) is 2. The third-order valence-corrected chi connectivity index (χ3v) is 5.47. The van der Waals surface area contributed by atoms with Crippen LogP contribution in [0.25, 0.3) is 0 Å². The van der Waals surface area contributed by atoms with Gasteiger partial charge < -0.3 is 0 Å². The fourth-order valence-electron chi connectivity index (χ4n) is 1.03. The quantitative estimate of drug-likeness (QED) is 0.857. The van der Waals surface area contributed by atoms with Crippen LogP contribution in [-0.4, -0.2) is 13.7 Å². The molecular formula is C10H12BrClO2S. The lowest BCUT2D eigenvalue weighted by Crippen LogP contribution is -2.15. The minimum Gasteiger partial charge on any atom is -0.228 e. The largest absolute Gasteiger partial charge is 0.228 e. The highest BCUT2D eigenvalue weighted by molar-refractivity contribution is 9.10. The number of hydrogen-bond donors (Lipinski definition) is 0. The molecule has 1 aromatic rings. The topological polar surface area (TPSA) is 34.1 Å². The molecule has 0 bridgehead atoms. The van der Waals surface area contributed by atoms with E-state index in [0.29, 0.717) is 5.02 Å². The van der Waals surface area contributed by atoms with E-state index < -0.39 is 9.84 Å². The van der Waals surface area contributed by atoms with Crippen LogP contribution < -0.4 is 0 Å². The van der Waals surface area contributed by atoms with Gasteiger partial charge in [-0.15, -0.1) is 0 Å². The summed E-state index contributed by atoms with van der Waals surface area (Å²) in [6.45, 7) is 3.35. The Hall–Kier alpha value is -0.0600. The monoisotopic (exact) mass is 310 g/mol. The van der Waals surface area contributed by atoms with Gasteiger partial charge in [0.2, 0.25) is 0 Å². The maximum Gasteiger partial charge on any atom is 0.156 e. The van der Waals surface area contributed by atoms with E-state index in [9.17, 15) is 8.42 Å². The van der Waals surface area contributed by atoms with E-state index in [0.717, 1.165) is 10.0 Å². The summed E-state index contributed by atoms with van der Waals surface area (Å²) in [5.74, 6) is 0.0394. The molecule has 2 nitrogen and oxygen atoms in total. The molecule has 0 N–H and O–H groups in total. The van der Waals surface area contributed by atoms with Gasteiger partial charge in [0.1, 0.15) is 0 Å². The van der Waals surface area contributed by atoms with Crippen molar-refractivity contribution in [3.05, 3.63) is 33.3 Å². The predicted molar refractivity (Wildman–Crippen MR) is 66.9 cm³/mol. The minimum absolute atomic E-state index is 0.0394. The number of rotatable bonds is 3. The zero-order valence-corrected chi connectivity index (χ0v) is 11.7. The van der Waals surface area contributed by atoms with Gasteiger partial charge in [-0.25, -0.2) is 8.42 Å². The molecule has 0 amide bonds. The smallest absolute Gasteiger partial charge is 0.156 e. The molecule has 0 aliphatic rings. The van der Waals surface area contributed by atoms with Gasteiger partial charge in [-0.1, -0.05) is 17.7 Å². The fourth-order valence-corrected chi connectivity index (χ4v) is 2.46. The van der Waals surface area contributed by atoms with E-state index >= 15 is 0 Å². The Morgan fingerprint density at radius 2 is 2.00 bits per heavy atom. The second-order valence-corrected chi connectivity index (χ2v) is 7.42. The van der Waals surface area contributed by atoms with Crippen molar-refractivity contribution in [2.24, 2.45) is 0 Å². The molecule has 0 aliphatic heterocycles. The number of sulfone groups is 1. The van der Waals surface area contributed by atoms with Crippen molar-refractivity contribution in [1.82, 2.24) is 0 Å². The third kappa shape index (κ3) is 3.47. The van der Waals surface area contributed by atoms with Crippen LogP contribution in [-0.2, 0) is 15.6 Å². The van der Waals surface area contributed by atoms with Crippen LogP contribution in [0.3, 0.4) is 0 Å². The highest BCUT2D eigenvalue weighted by atomic mass is 79.9. The van der Waals surface area contributed by atoms with E-state index in [1.54, 1.807) is 32.0 Å². The van der Waals surface area contributed by atoms with Gasteiger partial charge in [0.15, 0.2) is 9.84 Å². The molecule has 15 heavy (non-hydrogen) atoms. The standard InChI is InChI=1S/C10H12BrClO2S/c1-7(2)15(13,14)6-8-3-4-9(11)10(12)5-8/h3-5,7H,6H2,1-2H3. The van der Waals surface area contributed by atoms with Gasteiger partial charge in [0.05, 0.1) is 16.0 Å². The lowest BCUT2D eigenvalue weighted by Gasteiger charge is -2.08. The molecule has 0 saturated heterocycles. The second kappa shape index (κ2) is 4.85. The SMILES string of the molecule is CC(C)S(=O)(=O)Cc1ccc(Br)c(Cl)c1. The first-order chi connectivity index (χ1) is 6.83. The van der Waals surface area contributed by atoms with Gasteiger partial charge in [-0.05, 0) is 47.5 Å². The molecule has 0 fully saturated rings. The highest BCUT2D eigenvalue weighted by Gasteiger charge is 2.16. The van der Waals surface area contributed by atoms with Crippen molar-refractivity contribution >= 4 is 37.4 Å². The summed E-state index contributed by atoms with van der Waals surface area (Å²) in [6.07, 6.45) is 0. The lowest BCUT2D eigenvalue weighted by molar-refractivity contribution is 0.586. The van der Waals surface area contributed by atoms with Crippen molar-refractivity contribution in [2.45, 2.75) is 24.9 Å². The van der Waals surface area contributed by atoms with Crippen LogP contribution in [0.15, 0.2) is 22.7 Å². The molecule has 84 valence electrons. The maximum atomic E-state index is 11.6. The minimum atomic E-state index is -3.05. The molecule has 0 heterocycles. The average Bonchev–Trinajstić information content (AvgIpc) is 2.10. The van der Waals surface area contributed by atoms with E-state index in [-0.39, 0.29) is 11.0 Å². The second-order valence-electron chi connectivity index (χ2n) is 3.60. The average molecular weight is 312 g/mol. The summed E-state index contributed by atoms with van der Waals surface area (Å²) in [4.78, 5) is 0. The molecule has 0 saturated carbocycles. The Morgan fingerprint density at radius 3 is 2.47 bits per heavy atom. The Bertz CT molecular complexity index is 454. The van der Waals surface area contributed by atoms with Crippen LogP contribution in [0.2, 0.25) is 5.02 Å². The molecule has 0 radical (unpaired) electrons. The van der Waals surface area contributed by atoms with Gasteiger partial charge in [-0.2, -0.15) is 0 Å². The van der Waals surface area contributed by atoms with Crippen LogP contribution in [0.4, 0.5) is 0 Å². The first-order valence-corrected chi connectivity index (χ1v) is 7.37. The fraction of sp³-hybridized carbons (Fsp3) is 0.400. The zero-order valence-electron chi connectivity index (χ0n) is 8.50. The highest BCUT2D eigenvalue weighted by Crippen LogP contribution is 2.24. The van der Waals surface area contributed by atoms with Crippen molar-refractivity contribution in [1.29, 1.82) is 0 Å². The van der Waals surface area contributed by atoms with Crippen molar-refractivity contribution < 1.29 is 8.42 Å². The lowest BCUT2D eigenvalue weighted by atomic mass is 10.2. The van der Waals surface area contributed by atoms with Gasteiger partial charge in [0, 0.05) is 4.47 Å². The molecule has 0 atom stereocenters. The molecule has 1 aromatic carbocycles. The van der Waals surface area contributed by atoms with E-state index in [2.05, 4.69) is 15.9 Å². The molecule has 1 rings (SSSR count). The Kier molecular flexibility index (Phi) is 4.20. The Morgan fingerprint density at radius 1 is 1.40 bits per heavy atom. The van der Waals surface area contributed by atoms with Gasteiger partial charge in [-0.3, -0.25) is 0 Å². The van der Waals surface area contributed by atoms with Crippen molar-refractivity contribution in [3.63, 3.8) is 0 Å². The Labute approximate surface area is 104 Å². The van der Waals surface area contributed by atoms with Gasteiger partial charge >= 0.3 is 0 Å². The molecule has 5 heteroatoms. The van der Waals surface area contributed by atoms with Crippen molar-refractivity contribution in [3.8, 4) is 0 Å². The molecule has 0 aliphatic carbocycles. The number of halogens is 2. The summed E-state index contributed by atoms with van der Waals surface area (Å²) in [7, 11) is -3.05. The summed E-state index contributed by atoms with van der Waals surface area (Å²) < 4.78 is 24.1. The summed E-state index contributed by atoms with van der Waals surface area (Å²) in [5.41, 5.74) is 0.719. The number of benzene rings is 1. The summed E-state index contributed by atoms with van der Waals surface area (Å²) in [5, 5.41) is 0.173. The first kappa shape index (κ1) is 13.0. The predicted octanol–water partition coefficient (Wildman–Crippen LogP) is 3.43. The van der Waals surface area contributed by atoms with Gasteiger partial charge in [0.25, 0.3) is 0 Å². The van der Waals surface area contributed by atoms with E-state index in [4.69, 9.17) is 11.6 Å². The third-order valence-electron chi connectivity index (χ3n) is 2.07. The zero-order chi connectivity index (χ0) is 11.6. The normalized spacial score (nSPS) is 12.1. The molecule has 0 aromatic heterocycles. The maximum absolute atomic E-state index is 11.6. The Balaban J connectivity index is 2.96. The molecular weight excluding hydrogens is 300 g/mol. The summed E-state index contributed by atoms with van der Waals surface area (Å²) >= 11 is 9.14. The van der Waals surface area contributed by atoms with Crippen LogP contribution in [0.1, 0.15) is 19.4 Å².